The van der Waals surface area contributed by atoms with Gasteiger partial charge in [-0.2, -0.15) is 0 Å². The molecule has 1 aromatic carbocycles. The lowest BCUT2D eigenvalue weighted by atomic mass is 10.1. The largest absolute Gasteiger partial charge is 0.481 e. The highest BCUT2D eigenvalue weighted by Crippen LogP contribution is 2.27. The smallest absolute Gasteiger partial charge is 0.411 e. The summed E-state index contributed by atoms with van der Waals surface area (Å²) >= 11 is 0. The number of hydrogen-bond acceptors (Lipinski definition) is 5. The molecule has 1 N–H and O–H groups in total. The summed E-state index contributed by atoms with van der Waals surface area (Å²) < 4.78 is 15.1. The molecule has 0 atom stereocenters. The summed E-state index contributed by atoms with van der Waals surface area (Å²) in [6.45, 7) is 9.17. The highest BCUT2D eigenvalue weighted by Gasteiger charge is 2.11. The van der Waals surface area contributed by atoms with E-state index in [0.29, 0.717) is 18.0 Å². The van der Waals surface area contributed by atoms with Crippen molar-refractivity contribution in [2.45, 2.75) is 20.8 Å². The van der Waals surface area contributed by atoms with Crippen LogP contribution < -0.4 is 10.1 Å². The Morgan fingerprint density at radius 1 is 1.23 bits per heavy atom. The number of rotatable bonds is 7. The Hall–Kier alpha value is -2.50. The van der Waals surface area contributed by atoms with Gasteiger partial charge in [0, 0.05) is 5.69 Å². The number of benzene rings is 1. The first-order chi connectivity index (χ1) is 10.5. The third-order valence-corrected chi connectivity index (χ3v) is 2.68. The number of anilines is 1. The van der Waals surface area contributed by atoms with E-state index < -0.39 is 12.1 Å². The molecule has 0 spiro atoms. The zero-order valence-electron chi connectivity index (χ0n) is 13.1. The lowest BCUT2D eigenvalue weighted by Gasteiger charge is -2.14. The van der Waals surface area contributed by atoms with Crippen LogP contribution in [-0.4, -0.2) is 31.9 Å². The molecule has 6 nitrogen and oxygen atoms in total. The minimum absolute atomic E-state index is 0.143. The lowest BCUT2D eigenvalue weighted by Crippen LogP contribution is -2.16. The summed E-state index contributed by atoms with van der Waals surface area (Å²) in [6.07, 6.45) is 0.932. The van der Waals surface area contributed by atoms with Crippen LogP contribution in [-0.2, 0) is 14.3 Å². The predicted octanol–water partition coefficient (Wildman–Crippen LogP) is 2.98. The van der Waals surface area contributed by atoms with Gasteiger partial charge in [0.1, 0.15) is 12.4 Å². The van der Waals surface area contributed by atoms with E-state index in [1.807, 2.05) is 13.8 Å². The van der Waals surface area contributed by atoms with E-state index in [4.69, 9.17) is 14.2 Å². The van der Waals surface area contributed by atoms with Crippen LogP contribution in [0.1, 0.15) is 18.1 Å². The van der Waals surface area contributed by atoms with Gasteiger partial charge < -0.3 is 14.2 Å². The zero-order chi connectivity index (χ0) is 16.5. The number of nitrogens with one attached hydrogen (secondary N) is 1. The van der Waals surface area contributed by atoms with Gasteiger partial charge in [0.2, 0.25) is 0 Å². The standard InChI is InChI=1S/C16H21NO5/c1-5-7-21-16(19)17-13-8-11(3)15(12(4)9-13)22-10-14(18)20-6-2/h5,8-9H,1,6-7,10H2,2-4H3,(H,17,19). The fourth-order valence-corrected chi connectivity index (χ4v) is 1.87. The molecule has 0 radical (unpaired) electrons. The first-order valence-corrected chi connectivity index (χ1v) is 6.92. The minimum Gasteiger partial charge on any atom is -0.481 e. The SMILES string of the molecule is C=CCOC(=O)Nc1cc(C)c(OCC(=O)OCC)c(C)c1. The minimum atomic E-state index is -0.557. The summed E-state index contributed by atoms with van der Waals surface area (Å²) in [5, 5.41) is 2.61. The molecule has 0 saturated carbocycles. The second kappa shape index (κ2) is 8.71. The van der Waals surface area contributed by atoms with E-state index in [1.165, 1.54) is 6.08 Å². The number of carbonyl (C=O) groups is 2. The van der Waals surface area contributed by atoms with Gasteiger partial charge in [0.05, 0.1) is 6.61 Å². The summed E-state index contributed by atoms with van der Waals surface area (Å²) in [4.78, 5) is 22.8. The Kier molecular flexibility index (Phi) is 6.95. The van der Waals surface area contributed by atoms with Gasteiger partial charge in [0.15, 0.2) is 6.61 Å². The van der Waals surface area contributed by atoms with E-state index in [0.717, 1.165) is 11.1 Å². The number of esters is 1. The van der Waals surface area contributed by atoms with Crippen LogP contribution in [0.4, 0.5) is 10.5 Å². The molecule has 0 aliphatic rings. The second-order valence-corrected chi connectivity index (χ2v) is 4.54. The molecule has 1 aromatic rings. The van der Waals surface area contributed by atoms with Crippen LogP contribution in [0.2, 0.25) is 0 Å². The van der Waals surface area contributed by atoms with Crippen molar-refractivity contribution in [2.75, 3.05) is 25.1 Å². The van der Waals surface area contributed by atoms with E-state index >= 15 is 0 Å². The molecule has 0 aliphatic heterocycles. The molecule has 0 aliphatic carbocycles. The van der Waals surface area contributed by atoms with Crippen molar-refractivity contribution in [2.24, 2.45) is 0 Å². The van der Waals surface area contributed by atoms with Gasteiger partial charge in [-0.1, -0.05) is 12.7 Å². The zero-order valence-corrected chi connectivity index (χ0v) is 13.1. The third-order valence-electron chi connectivity index (χ3n) is 2.68. The molecule has 1 rings (SSSR count). The molecular formula is C16H21NO5. The number of aryl methyl sites for hydroxylation is 2. The fraction of sp³-hybridized carbons (Fsp3) is 0.375. The highest BCUT2D eigenvalue weighted by atomic mass is 16.6. The Labute approximate surface area is 130 Å². The quantitative estimate of drug-likeness (QED) is 0.619. The molecule has 1 amide bonds. The summed E-state index contributed by atoms with van der Waals surface area (Å²) in [5.74, 6) is 0.176. The highest BCUT2D eigenvalue weighted by molar-refractivity contribution is 5.85. The van der Waals surface area contributed by atoms with Gasteiger partial charge in [-0.3, -0.25) is 5.32 Å². The third kappa shape index (κ3) is 5.47. The van der Waals surface area contributed by atoms with Crippen molar-refractivity contribution >= 4 is 17.7 Å². The van der Waals surface area contributed by atoms with Crippen LogP contribution in [0, 0.1) is 13.8 Å². The second-order valence-electron chi connectivity index (χ2n) is 4.54. The van der Waals surface area contributed by atoms with E-state index in [9.17, 15) is 9.59 Å². The molecule has 0 saturated heterocycles. The van der Waals surface area contributed by atoms with Crippen LogP contribution in [0.3, 0.4) is 0 Å². The Morgan fingerprint density at radius 2 is 1.86 bits per heavy atom. The molecule has 22 heavy (non-hydrogen) atoms. The maximum absolute atomic E-state index is 11.5. The average Bonchev–Trinajstić information content (AvgIpc) is 2.44. The van der Waals surface area contributed by atoms with Gasteiger partial charge >= 0.3 is 12.1 Å². The Bertz CT molecular complexity index is 530. The fourth-order valence-electron chi connectivity index (χ4n) is 1.87. The molecular weight excluding hydrogens is 286 g/mol. The summed E-state index contributed by atoms with van der Waals surface area (Å²) in [6, 6.07) is 3.48. The number of amides is 1. The van der Waals surface area contributed by atoms with Crippen molar-refractivity contribution in [1.82, 2.24) is 0 Å². The van der Waals surface area contributed by atoms with E-state index in [2.05, 4.69) is 11.9 Å². The van der Waals surface area contributed by atoms with Crippen molar-refractivity contribution in [3.8, 4) is 5.75 Å². The van der Waals surface area contributed by atoms with Crippen molar-refractivity contribution < 1.29 is 23.8 Å². The Balaban J connectivity index is 2.73. The Morgan fingerprint density at radius 3 is 2.41 bits per heavy atom. The summed E-state index contributed by atoms with van der Waals surface area (Å²) in [7, 11) is 0. The average molecular weight is 307 g/mol. The van der Waals surface area contributed by atoms with Gasteiger partial charge in [-0.05, 0) is 44.0 Å². The van der Waals surface area contributed by atoms with Gasteiger partial charge in [0.25, 0.3) is 0 Å². The summed E-state index contributed by atoms with van der Waals surface area (Å²) in [5.41, 5.74) is 2.18. The molecule has 6 heteroatoms. The van der Waals surface area contributed by atoms with Crippen molar-refractivity contribution in [3.63, 3.8) is 0 Å². The molecule has 0 heterocycles. The number of ether oxygens (including phenoxy) is 3. The first-order valence-electron chi connectivity index (χ1n) is 6.92. The maximum Gasteiger partial charge on any atom is 0.411 e. The van der Waals surface area contributed by atoms with Crippen molar-refractivity contribution in [1.29, 1.82) is 0 Å². The van der Waals surface area contributed by atoms with Crippen LogP contribution >= 0.6 is 0 Å². The molecule has 0 fully saturated rings. The molecule has 120 valence electrons. The molecule has 0 aromatic heterocycles. The first kappa shape index (κ1) is 17.6. The van der Waals surface area contributed by atoms with Crippen LogP contribution in [0.5, 0.6) is 5.75 Å². The van der Waals surface area contributed by atoms with Crippen molar-refractivity contribution in [3.05, 3.63) is 35.9 Å². The van der Waals surface area contributed by atoms with E-state index in [1.54, 1.807) is 19.1 Å². The normalized spacial score (nSPS) is 9.77. The van der Waals surface area contributed by atoms with E-state index in [-0.39, 0.29) is 13.2 Å². The molecule has 0 unspecified atom stereocenters. The predicted molar refractivity (Wildman–Crippen MR) is 83.2 cm³/mol. The molecule has 0 bridgehead atoms. The lowest BCUT2D eigenvalue weighted by molar-refractivity contribution is -0.145. The van der Waals surface area contributed by atoms with Gasteiger partial charge in [-0.25, -0.2) is 9.59 Å². The maximum atomic E-state index is 11.5. The topological polar surface area (TPSA) is 73.9 Å². The monoisotopic (exact) mass is 307 g/mol. The van der Waals surface area contributed by atoms with Crippen LogP contribution in [0.25, 0.3) is 0 Å². The number of carbonyl (C=O) groups excluding carboxylic acids is 2. The van der Waals surface area contributed by atoms with Crippen LogP contribution in [0.15, 0.2) is 24.8 Å². The van der Waals surface area contributed by atoms with Gasteiger partial charge in [-0.15, -0.1) is 0 Å². The number of hydrogen-bond donors (Lipinski definition) is 1.